The average Bonchev–Trinajstić information content (AvgIpc) is 2.15. The Labute approximate surface area is 102 Å². The standard InChI is InChI=1S/C14H20FNO/c1-13(2,3)16-12(17)14(4,5)10-6-8-11(15)9-7-10/h6-9H,1-5H3,(H,16,17). The van der Waals surface area contributed by atoms with Crippen LogP contribution in [0.3, 0.4) is 0 Å². The van der Waals surface area contributed by atoms with Gasteiger partial charge in [-0.2, -0.15) is 0 Å². The SMILES string of the molecule is CC(C)(C)NC(=O)C(C)(C)c1ccc(F)cc1. The topological polar surface area (TPSA) is 29.1 Å². The predicted molar refractivity (Wildman–Crippen MR) is 67.3 cm³/mol. The molecule has 0 aromatic heterocycles. The third kappa shape index (κ3) is 3.55. The van der Waals surface area contributed by atoms with Crippen LogP contribution in [0.4, 0.5) is 4.39 Å². The monoisotopic (exact) mass is 237 g/mol. The van der Waals surface area contributed by atoms with Crippen molar-refractivity contribution in [1.29, 1.82) is 0 Å². The van der Waals surface area contributed by atoms with Gasteiger partial charge in [-0.3, -0.25) is 4.79 Å². The van der Waals surface area contributed by atoms with Gasteiger partial charge < -0.3 is 5.32 Å². The van der Waals surface area contributed by atoms with E-state index in [9.17, 15) is 9.18 Å². The molecule has 0 fully saturated rings. The van der Waals surface area contributed by atoms with Crippen LogP contribution in [0.15, 0.2) is 24.3 Å². The number of nitrogens with one attached hydrogen (secondary N) is 1. The highest BCUT2D eigenvalue weighted by Crippen LogP contribution is 2.24. The Morgan fingerprint density at radius 2 is 1.53 bits per heavy atom. The fourth-order valence-corrected chi connectivity index (χ4v) is 1.49. The second-order valence-electron chi connectivity index (χ2n) is 5.84. The Balaban J connectivity index is 2.94. The van der Waals surface area contributed by atoms with Crippen molar-refractivity contribution in [3.05, 3.63) is 35.6 Å². The first-order chi connectivity index (χ1) is 7.63. The molecule has 0 unspecified atom stereocenters. The maximum Gasteiger partial charge on any atom is 0.230 e. The molecule has 2 nitrogen and oxygen atoms in total. The summed E-state index contributed by atoms with van der Waals surface area (Å²) in [5.41, 5.74) is -0.129. The molecule has 3 heteroatoms. The second kappa shape index (κ2) is 4.47. The van der Waals surface area contributed by atoms with E-state index in [1.807, 2.05) is 34.6 Å². The molecule has 1 amide bonds. The zero-order chi connectivity index (χ0) is 13.3. The molecule has 0 aliphatic heterocycles. The molecule has 1 aromatic carbocycles. The van der Waals surface area contributed by atoms with Gasteiger partial charge in [0.2, 0.25) is 5.91 Å². The number of amides is 1. The molecule has 1 aromatic rings. The highest BCUT2D eigenvalue weighted by molar-refractivity contribution is 5.87. The van der Waals surface area contributed by atoms with Crippen LogP contribution in [0, 0.1) is 5.82 Å². The van der Waals surface area contributed by atoms with Gasteiger partial charge in [0.1, 0.15) is 5.82 Å². The normalized spacial score (nSPS) is 12.4. The number of hydrogen-bond donors (Lipinski definition) is 1. The molecule has 0 spiro atoms. The Morgan fingerprint density at radius 3 is 1.94 bits per heavy atom. The van der Waals surface area contributed by atoms with Gasteiger partial charge in [0, 0.05) is 5.54 Å². The number of benzene rings is 1. The van der Waals surface area contributed by atoms with Gasteiger partial charge in [0.15, 0.2) is 0 Å². The van der Waals surface area contributed by atoms with Crippen LogP contribution in [0.1, 0.15) is 40.2 Å². The Morgan fingerprint density at radius 1 is 1.06 bits per heavy atom. The number of halogens is 1. The largest absolute Gasteiger partial charge is 0.351 e. The van der Waals surface area contributed by atoms with Gasteiger partial charge in [-0.15, -0.1) is 0 Å². The summed E-state index contributed by atoms with van der Waals surface area (Å²) in [7, 11) is 0. The maximum absolute atomic E-state index is 12.8. The molecular formula is C14H20FNO. The molecule has 0 radical (unpaired) electrons. The first-order valence-corrected chi connectivity index (χ1v) is 5.71. The van der Waals surface area contributed by atoms with Crippen molar-refractivity contribution in [3.8, 4) is 0 Å². The summed E-state index contributed by atoms with van der Waals surface area (Å²) < 4.78 is 12.8. The van der Waals surface area contributed by atoms with Crippen LogP contribution in [0.2, 0.25) is 0 Å². The molecule has 0 bridgehead atoms. The summed E-state index contributed by atoms with van der Waals surface area (Å²) in [5.74, 6) is -0.350. The van der Waals surface area contributed by atoms with Crippen molar-refractivity contribution >= 4 is 5.91 Å². The van der Waals surface area contributed by atoms with Crippen LogP contribution in [0.25, 0.3) is 0 Å². The van der Waals surface area contributed by atoms with Crippen molar-refractivity contribution in [2.45, 2.75) is 45.6 Å². The van der Waals surface area contributed by atoms with E-state index in [1.54, 1.807) is 12.1 Å². The lowest BCUT2D eigenvalue weighted by molar-refractivity contribution is -0.127. The summed E-state index contributed by atoms with van der Waals surface area (Å²) in [6, 6.07) is 6.05. The summed E-state index contributed by atoms with van der Waals surface area (Å²) >= 11 is 0. The van der Waals surface area contributed by atoms with E-state index < -0.39 is 5.41 Å². The van der Waals surface area contributed by atoms with Crippen molar-refractivity contribution in [1.82, 2.24) is 5.32 Å². The lowest BCUT2D eigenvalue weighted by Gasteiger charge is -2.29. The Bertz CT molecular complexity index is 401. The maximum atomic E-state index is 12.8. The molecule has 0 heterocycles. The average molecular weight is 237 g/mol. The van der Waals surface area contributed by atoms with Crippen molar-refractivity contribution in [3.63, 3.8) is 0 Å². The van der Waals surface area contributed by atoms with Gasteiger partial charge in [-0.1, -0.05) is 12.1 Å². The van der Waals surface area contributed by atoms with Crippen molar-refractivity contribution < 1.29 is 9.18 Å². The van der Waals surface area contributed by atoms with Gasteiger partial charge >= 0.3 is 0 Å². The molecule has 0 atom stereocenters. The van der Waals surface area contributed by atoms with Gasteiger partial charge in [-0.25, -0.2) is 4.39 Å². The highest BCUT2D eigenvalue weighted by atomic mass is 19.1. The van der Waals surface area contributed by atoms with E-state index >= 15 is 0 Å². The quantitative estimate of drug-likeness (QED) is 0.841. The third-order valence-corrected chi connectivity index (χ3v) is 2.62. The van der Waals surface area contributed by atoms with E-state index in [2.05, 4.69) is 5.32 Å². The van der Waals surface area contributed by atoms with Gasteiger partial charge in [0.25, 0.3) is 0 Å². The lowest BCUT2D eigenvalue weighted by Crippen LogP contribution is -2.48. The van der Waals surface area contributed by atoms with Crippen molar-refractivity contribution in [2.75, 3.05) is 0 Å². The predicted octanol–water partition coefficient (Wildman–Crippen LogP) is 3.02. The Hall–Kier alpha value is -1.38. The zero-order valence-corrected chi connectivity index (χ0v) is 11.1. The molecule has 17 heavy (non-hydrogen) atoms. The smallest absolute Gasteiger partial charge is 0.230 e. The summed E-state index contributed by atoms with van der Waals surface area (Å²) in [5, 5.41) is 2.94. The van der Waals surface area contributed by atoms with E-state index in [-0.39, 0.29) is 17.3 Å². The van der Waals surface area contributed by atoms with Crippen LogP contribution < -0.4 is 5.32 Å². The van der Waals surface area contributed by atoms with E-state index in [4.69, 9.17) is 0 Å². The fourth-order valence-electron chi connectivity index (χ4n) is 1.49. The van der Waals surface area contributed by atoms with Gasteiger partial charge in [0.05, 0.1) is 5.41 Å². The minimum Gasteiger partial charge on any atom is -0.351 e. The molecule has 0 saturated carbocycles. The first kappa shape index (κ1) is 13.7. The first-order valence-electron chi connectivity index (χ1n) is 5.71. The summed E-state index contributed by atoms with van der Waals surface area (Å²) in [6.45, 7) is 9.48. The molecule has 0 aliphatic rings. The summed E-state index contributed by atoms with van der Waals surface area (Å²) in [6.07, 6.45) is 0. The zero-order valence-electron chi connectivity index (χ0n) is 11.1. The minimum atomic E-state index is -0.666. The summed E-state index contributed by atoms with van der Waals surface area (Å²) in [4.78, 5) is 12.2. The van der Waals surface area contributed by atoms with Crippen LogP contribution >= 0.6 is 0 Å². The Kier molecular flexibility index (Phi) is 3.60. The molecule has 0 aliphatic carbocycles. The third-order valence-electron chi connectivity index (χ3n) is 2.62. The van der Waals surface area contributed by atoms with E-state index in [0.29, 0.717) is 0 Å². The molecule has 1 N–H and O–H groups in total. The molecule has 94 valence electrons. The second-order valence-corrected chi connectivity index (χ2v) is 5.84. The highest BCUT2D eigenvalue weighted by Gasteiger charge is 2.31. The number of rotatable bonds is 2. The van der Waals surface area contributed by atoms with E-state index in [1.165, 1.54) is 12.1 Å². The number of carbonyl (C=O) groups is 1. The lowest BCUT2D eigenvalue weighted by atomic mass is 9.83. The van der Waals surface area contributed by atoms with Crippen LogP contribution in [-0.2, 0) is 10.2 Å². The minimum absolute atomic E-state index is 0.0587. The molecule has 0 saturated heterocycles. The fraction of sp³-hybridized carbons (Fsp3) is 0.500. The number of hydrogen-bond acceptors (Lipinski definition) is 1. The van der Waals surface area contributed by atoms with Gasteiger partial charge in [-0.05, 0) is 52.3 Å². The molecular weight excluding hydrogens is 217 g/mol. The van der Waals surface area contributed by atoms with Crippen molar-refractivity contribution in [2.24, 2.45) is 0 Å². The molecule has 1 rings (SSSR count). The van der Waals surface area contributed by atoms with Crippen LogP contribution in [-0.4, -0.2) is 11.4 Å². The van der Waals surface area contributed by atoms with E-state index in [0.717, 1.165) is 5.56 Å². The number of carbonyl (C=O) groups excluding carboxylic acids is 1. The van der Waals surface area contributed by atoms with Crippen LogP contribution in [0.5, 0.6) is 0 Å².